The molecule has 0 saturated heterocycles. The van der Waals surface area contributed by atoms with Crippen LogP contribution in [-0.4, -0.2) is 37.6 Å². The lowest BCUT2D eigenvalue weighted by molar-refractivity contribution is -0.120. The van der Waals surface area contributed by atoms with E-state index in [1.54, 1.807) is 26.2 Å². The number of anilines is 1. The van der Waals surface area contributed by atoms with Crippen molar-refractivity contribution < 1.29 is 23.0 Å². The fraction of sp³-hybridized carbons (Fsp3) is 0.381. The molecule has 1 N–H and O–H groups in total. The minimum Gasteiger partial charge on any atom is -0.496 e. The highest BCUT2D eigenvalue weighted by molar-refractivity contribution is 5.95. The van der Waals surface area contributed by atoms with Crippen LogP contribution in [0.4, 0.5) is 14.5 Å². The maximum absolute atomic E-state index is 12.6. The molecule has 0 radical (unpaired) electrons. The van der Waals surface area contributed by atoms with E-state index in [2.05, 4.69) is 10.1 Å². The average Bonchev–Trinajstić information content (AvgIpc) is 2.62. The van der Waals surface area contributed by atoms with Crippen molar-refractivity contribution in [2.45, 2.75) is 40.0 Å². The van der Waals surface area contributed by atoms with E-state index in [1.165, 1.54) is 12.1 Å². The van der Waals surface area contributed by atoms with E-state index in [4.69, 9.17) is 4.74 Å². The van der Waals surface area contributed by atoms with Crippen LogP contribution in [0.1, 0.15) is 23.6 Å². The Morgan fingerprint density at radius 1 is 1.18 bits per heavy atom. The van der Waals surface area contributed by atoms with Crippen LogP contribution in [0.2, 0.25) is 0 Å². The number of aryl methyl sites for hydroxylation is 2. The second-order valence-electron chi connectivity index (χ2n) is 6.72. The largest absolute Gasteiger partial charge is 0.496 e. The molecule has 0 bridgehead atoms. The summed E-state index contributed by atoms with van der Waals surface area (Å²) in [5, 5.41) is 2.66. The van der Waals surface area contributed by atoms with Gasteiger partial charge >= 0.3 is 6.61 Å². The highest BCUT2D eigenvalue weighted by Crippen LogP contribution is 2.27. The van der Waals surface area contributed by atoms with Gasteiger partial charge in [-0.1, -0.05) is 24.3 Å². The number of methoxy groups -OCH3 is 1. The Bertz CT molecular complexity index is 804. The first kappa shape index (κ1) is 21.6. The first-order chi connectivity index (χ1) is 13.2. The fourth-order valence-electron chi connectivity index (χ4n) is 3.08. The molecule has 0 aliphatic carbocycles. The topological polar surface area (TPSA) is 50.8 Å². The van der Waals surface area contributed by atoms with Gasteiger partial charge in [-0.3, -0.25) is 9.69 Å². The Labute approximate surface area is 164 Å². The summed E-state index contributed by atoms with van der Waals surface area (Å²) in [6, 6.07) is 9.69. The van der Waals surface area contributed by atoms with Crippen molar-refractivity contribution in [1.82, 2.24) is 4.90 Å². The van der Waals surface area contributed by atoms with Crippen LogP contribution in [0.15, 0.2) is 36.4 Å². The number of para-hydroxylation sites is 2. The number of amides is 1. The van der Waals surface area contributed by atoms with Crippen LogP contribution in [0.5, 0.6) is 11.5 Å². The van der Waals surface area contributed by atoms with Crippen LogP contribution >= 0.6 is 0 Å². The van der Waals surface area contributed by atoms with Gasteiger partial charge in [0.2, 0.25) is 5.91 Å². The molecule has 2 aromatic rings. The molecule has 28 heavy (non-hydrogen) atoms. The van der Waals surface area contributed by atoms with E-state index in [0.29, 0.717) is 6.54 Å². The van der Waals surface area contributed by atoms with Gasteiger partial charge in [-0.25, -0.2) is 0 Å². The fourth-order valence-corrected chi connectivity index (χ4v) is 3.08. The summed E-state index contributed by atoms with van der Waals surface area (Å²) >= 11 is 0. The molecule has 0 aromatic heterocycles. The molecule has 5 nitrogen and oxygen atoms in total. The van der Waals surface area contributed by atoms with E-state index in [1.807, 2.05) is 37.9 Å². The summed E-state index contributed by atoms with van der Waals surface area (Å²) in [7, 11) is 3.48. The number of halogens is 2. The number of carbonyl (C=O) groups is 1. The van der Waals surface area contributed by atoms with Crippen molar-refractivity contribution in [1.29, 1.82) is 0 Å². The van der Waals surface area contributed by atoms with Gasteiger partial charge in [0, 0.05) is 6.54 Å². The second kappa shape index (κ2) is 9.50. The molecule has 0 fully saturated rings. The molecule has 2 aromatic carbocycles. The number of carbonyl (C=O) groups excluding carboxylic acids is 1. The van der Waals surface area contributed by atoms with E-state index < -0.39 is 12.7 Å². The number of hydrogen-bond acceptors (Lipinski definition) is 4. The van der Waals surface area contributed by atoms with Crippen molar-refractivity contribution in [3.8, 4) is 11.5 Å². The quantitative estimate of drug-likeness (QED) is 0.725. The first-order valence-electron chi connectivity index (χ1n) is 8.92. The number of ether oxygens (including phenoxy) is 2. The van der Waals surface area contributed by atoms with Gasteiger partial charge in [0.05, 0.1) is 18.8 Å². The molecule has 152 valence electrons. The lowest BCUT2D eigenvalue weighted by Gasteiger charge is -2.25. The van der Waals surface area contributed by atoms with Crippen molar-refractivity contribution in [3.05, 3.63) is 53.1 Å². The van der Waals surface area contributed by atoms with Crippen LogP contribution in [0, 0.1) is 13.8 Å². The van der Waals surface area contributed by atoms with Gasteiger partial charge in [0.25, 0.3) is 0 Å². The van der Waals surface area contributed by atoms with Crippen molar-refractivity contribution in [2.75, 3.05) is 19.5 Å². The molecule has 1 atom stereocenters. The minimum atomic E-state index is -2.96. The number of rotatable bonds is 8. The molecule has 1 amide bonds. The number of alkyl halides is 2. The summed E-state index contributed by atoms with van der Waals surface area (Å²) < 4.78 is 34.9. The SMILES string of the molecule is COc1c(C)cc(CN(C)C(C)C(=O)Nc2ccccc2OC(F)F)cc1C. The molecule has 1 unspecified atom stereocenters. The third-order valence-electron chi connectivity index (χ3n) is 4.56. The van der Waals surface area contributed by atoms with Gasteiger partial charge in [0.1, 0.15) is 11.5 Å². The number of benzene rings is 2. The zero-order valence-electron chi connectivity index (χ0n) is 16.8. The molecule has 7 heteroatoms. The predicted octanol–water partition coefficient (Wildman–Crippen LogP) is 4.37. The summed E-state index contributed by atoms with van der Waals surface area (Å²) in [6.45, 7) is 3.31. The summed E-state index contributed by atoms with van der Waals surface area (Å²) in [6.07, 6.45) is 0. The number of hydrogen-bond donors (Lipinski definition) is 1. The standard InChI is InChI=1S/C21H26F2N2O3/c1-13-10-16(11-14(2)19(13)27-5)12-25(4)15(3)20(26)24-17-8-6-7-9-18(17)28-21(22)23/h6-11,15,21H,12H2,1-5H3,(H,24,26). The molecule has 0 aliphatic heterocycles. The number of nitrogens with one attached hydrogen (secondary N) is 1. The van der Waals surface area contributed by atoms with Crippen LogP contribution in [0.25, 0.3) is 0 Å². The Balaban J connectivity index is 2.07. The van der Waals surface area contributed by atoms with Crippen molar-refractivity contribution >= 4 is 11.6 Å². The monoisotopic (exact) mass is 392 g/mol. The van der Waals surface area contributed by atoms with Gasteiger partial charge in [0.15, 0.2) is 0 Å². The predicted molar refractivity (Wildman–Crippen MR) is 105 cm³/mol. The number of likely N-dealkylation sites (N-methyl/N-ethyl adjacent to an activating group) is 1. The maximum Gasteiger partial charge on any atom is 0.387 e. The van der Waals surface area contributed by atoms with Crippen molar-refractivity contribution in [2.24, 2.45) is 0 Å². The van der Waals surface area contributed by atoms with Crippen molar-refractivity contribution in [3.63, 3.8) is 0 Å². The van der Waals surface area contributed by atoms with E-state index >= 15 is 0 Å². The molecular formula is C21H26F2N2O3. The number of nitrogens with zero attached hydrogens (tertiary/aromatic N) is 1. The molecule has 0 spiro atoms. The third-order valence-corrected chi connectivity index (χ3v) is 4.56. The highest BCUT2D eigenvalue weighted by Gasteiger charge is 2.20. The van der Waals surface area contributed by atoms with E-state index in [-0.39, 0.29) is 17.3 Å². The first-order valence-corrected chi connectivity index (χ1v) is 8.92. The Kier molecular flexibility index (Phi) is 7.34. The summed E-state index contributed by atoms with van der Waals surface area (Å²) in [5.41, 5.74) is 3.32. The highest BCUT2D eigenvalue weighted by atomic mass is 19.3. The minimum absolute atomic E-state index is 0.0675. The molecular weight excluding hydrogens is 366 g/mol. The van der Waals surface area contributed by atoms with E-state index in [9.17, 15) is 13.6 Å². The Morgan fingerprint density at radius 3 is 2.36 bits per heavy atom. The molecule has 0 aliphatic rings. The second-order valence-corrected chi connectivity index (χ2v) is 6.72. The molecule has 0 heterocycles. The van der Waals surface area contributed by atoms with Gasteiger partial charge < -0.3 is 14.8 Å². The van der Waals surface area contributed by atoms with Gasteiger partial charge in [-0.2, -0.15) is 8.78 Å². The zero-order chi connectivity index (χ0) is 20.8. The van der Waals surface area contributed by atoms with Crippen LogP contribution in [-0.2, 0) is 11.3 Å². The lowest BCUT2D eigenvalue weighted by Crippen LogP contribution is -2.39. The molecule has 0 saturated carbocycles. The summed E-state index contributed by atoms with van der Waals surface area (Å²) in [5.74, 6) is 0.477. The summed E-state index contributed by atoms with van der Waals surface area (Å²) in [4.78, 5) is 14.5. The third kappa shape index (κ3) is 5.42. The Hall–Kier alpha value is -2.67. The van der Waals surface area contributed by atoms with Gasteiger partial charge in [-0.15, -0.1) is 0 Å². The van der Waals surface area contributed by atoms with Crippen LogP contribution in [0.3, 0.4) is 0 Å². The normalized spacial score (nSPS) is 12.2. The zero-order valence-corrected chi connectivity index (χ0v) is 16.8. The Morgan fingerprint density at radius 2 is 1.79 bits per heavy atom. The lowest BCUT2D eigenvalue weighted by atomic mass is 10.0. The van der Waals surface area contributed by atoms with Crippen LogP contribution < -0.4 is 14.8 Å². The van der Waals surface area contributed by atoms with E-state index in [0.717, 1.165) is 22.4 Å². The smallest absolute Gasteiger partial charge is 0.387 e. The molecule has 2 rings (SSSR count). The van der Waals surface area contributed by atoms with Gasteiger partial charge in [-0.05, 0) is 56.6 Å². The average molecular weight is 392 g/mol. The maximum atomic E-state index is 12.6.